The van der Waals surface area contributed by atoms with Crippen LogP contribution in [-0.4, -0.2) is 29.5 Å². The summed E-state index contributed by atoms with van der Waals surface area (Å²) >= 11 is 0. The predicted molar refractivity (Wildman–Crippen MR) is 85.2 cm³/mol. The van der Waals surface area contributed by atoms with E-state index >= 15 is 0 Å². The number of fused-ring (bicyclic) bond motifs is 1. The smallest absolute Gasteiger partial charge is 0.152 e. The van der Waals surface area contributed by atoms with E-state index in [0.717, 1.165) is 29.7 Å². The highest BCUT2D eigenvalue weighted by atomic mass is 32.2. The fourth-order valence-corrected chi connectivity index (χ4v) is 4.80. The standard InChI is InChI=1S/C15H21N3O2S/c1-10(2)15-17-13-8-11(16)5-6-14(13)18(15)12-4-3-7-21(19,20)9-12/h5-6,8,10,12H,3-4,7,9,16H2,1-2H3. The van der Waals surface area contributed by atoms with Gasteiger partial charge in [0.15, 0.2) is 9.84 Å². The van der Waals surface area contributed by atoms with Crippen LogP contribution in [0.3, 0.4) is 0 Å². The van der Waals surface area contributed by atoms with Crippen molar-refractivity contribution in [1.29, 1.82) is 0 Å². The van der Waals surface area contributed by atoms with Gasteiger partial charge >= 0.3 is 0 Å². The Morgan fingerprint density at radius 1 is 1.38 bits per heavy atom. The van der Waals surface area contributed by atoms with Crippen LogP contribution in [0.5, 0.6) is 0 Å². The van der Waals surface area contributed by atoms with Crippen LogP contribution < -0.4 is 5.73 Å². The van der Waals surface area contributed by atoms with Gasteiger partial charge in [0.25, 0.3) is 0 Å². The van der Waals surface area contributed by atoms with Crippen LogP contribution in [0.15, 0.2) is 18.2 Å². The van der Waals surface area contributed by atoms with Gasteiger partial charge in [0.1, 0.15) is 5.82 Å². The maximum atomic E-state index is 12.0. The molecule has 1 saturated heterocycles. The Hall–Kier alpha value is -1.56. The molecule has 1 fully saturated rings. The van der Waals surface area contributed by atoms with Crippen molar-refractivity contribution in [2.75, 3.05) is 17.2 Å². The molecule has 0 bridgehead atoms. The van der Waals surface area contributed by atoms with Gasteiger partial charge in [-0.05, 0) is 31.0 Å². The van der Waals surface area contributed by atoms with E-state index in [9.17, 15) is 8.42 Å². The molecule has 1 aromatic carbocycles. The van der Waals surface area contributed by atoms with Gasteiger partial charge in [0, 0.05) is 17.6 Å². The minimum absolute atomic E-state index is 0.0187. The highest BCUT2D eigenvalue weighted by molar-refractivity contribution is 7.91. The first-order valence-electron chi connectivity index (χ1n) is 7.35. The van der Waals surface area contributed by atoms with Gasteiger partial charge in [-0.15, -0.1) is 0 Å². The fourth-order valence-electron chi connectivity index (χ4n) is 3.13. The number of sulfone groups is 1. The van der Waals surface area contributed by atoms with Gasteiger partial charge in [-0.2, -0.15) is 0 Å². The molecule has 0 radical (unpaired) electrons. The summed E-state index contributed by atoms with van der Waals surface area (Å²) in [5.74, 6) is 1.70. The number of nitrogens with two attached hydrogens (primary N) is 1. The quantitative estimate of drug-likeness (QED) is 0.865. The van der Waals surface area contributed by atoms with E-state index < -0.39 is 9.84 Å². The second-order valence-electron chi connectivity index (χ2n) is 6.15. The van der Waals surface area contributed by atoms with E-state index in [0.29, 0.717) is 11.4 Å². The zero-order valence-electron chi connectivity index (χ0n) is 12.4. The van der Waals surface area contributed by atoms with Crippen molar-refractivity contribution in [2.24, 2.45) is 0 Å². The summed E-state index contributed by atoms with van der Waals surface area (Å²) in [4.78, 5) is 4.68. The van der Waals surface area contributed by atoms with Crippen LogP contribution in [0.1, 0.15) is 44.5 Å². The van der Waals surface area contributed by atoms with Gasteiger partial charge in [-0.1, -0.05) is 13.8 Å². The van der Waals surface area contributed by atoms with Gasteiger partial charge in [-0.25, -0.2) is 13.4 Å². The summed E-state index contributed by atoms with van der Waals surface area (Å²) in [5, 5.41) is 0. The second kappa shape index (κ2) is 5.02. The van der Waals surface area contributed by atoms with Crippen molar-refractivity contribution in [2.45, 2.75) is 38.6 Å². The van der Waals surface area contributed by atoms with E-state index in [4.69, 9.17) is 5.73 Å². The molecular weight excluding hydrogens is 286 g/mol. The van der Waals surface area contributed by atoms with Crippen LogP contribution in [0.4, 0.5) is 5.69 Å². The molecule has 0 amide bonds. The largest absolute Gasteiger partial charge is 0.399 e. The first kappa shape index (κ1) is 14.4. The maximum absolute atomic E-state index is 12.0. The molecule has 5 nitrogen and oxygen atoms in total. The Kier molecular flexibility index (Phi) is 3.43. The Labute approximate surface area is 125 Å². The van der Waals surface area contributed by atoms with Crippen molar-refractivity contribution in [3.05, 3.63) is 24.0 Å². The third-order valence-corrected chi connectivity index (χ3v) is 5.86. The Morgan fingerprint density at radius 3 is 2.81 bits per heavy atom. The number of imidazole rings is 1. The van der Waals surface area contributed by atoms with Crippen molar-refractivity contribution in [3.63, 3.8) is 0 Å². The van der Waals surface area contributed by atoms with Crippen molar-refractivity contribution >= 4 is 26.6 Å². The molecule has 1 aliphatic heterocycles. The third kappa shape index (κ3) is 2.64. The van der Waals surface area contributed by atoms with E-state index in [1.54, 1.807) is 0 Å². The molecule has 1 aromatic heterocycles. The lowest BCUT2D eigenvalue weighted by molar-refractivity contribution is 0.460. The van der Waals surface area contributed by atoms with Crippen molar-refractivity contribution in [3.8, 4) is 0 Å². The first-order chi connectivity index (χ1) is 9.87. The Balaban J connectivity index is 2.17. The number of hydrogen-bond donors (Lipinski definition) is 1. The average molecular weight is 307 g/mol. The van der Waals surface area contributed by atoms with Gasteiger partial charge in [-0.3, -0.25) is 0 Å². The summed E-state index contributed by atoms with van der Waals surface area (Å²) in [7, 11) is -2.95. The molecule has 21 heavy (non-hydrogen) atoms. The average Bonchev–Trinajstić information content (AvgIpc) is 2.76. The van der Waals surface area contributed by atoms with E-state index in [-0.39, 0.29) is 17.7 Å². The normalized spacial score (nSPS) is 22.0. The lowest BCUT2D eigenvalue weighted by Crippen LogP contribution is -2.28. The van der Waals surface area contributed by atoms with Gasteiger partial charge in [0.2, 0.25) is 0 Å². The molecule has 6 heteroatoms. The van der Waals surface area contributed by atoms with E-state index in [1.165, 1.54) is 0 Å². The highest BCUT2D eigenvalue weighted by Gasteiger charge is 2.29. The molecule has 114 valence electrons. The third-order valence-electron chi connectivity index (χ3n) is 4.06. The molecule has 1 unspecified atom stereocenters. The van der Waals surface area contributed by atoms with Crippen LogP contribution in [0.25, 0.3) is 11.0 Å². The number of hydrogen-bond acceptors (Lipinski definition) is 4. The summed E-state index contributed by atoms with van der Waals surface area (Å²) < 4.78 is 26.1. The zero-order valence-corrected chi connectivity index (χ0v) is 13.2. The number of nitrogen functional groups attached to an aromatic ring is 1. The Morgan fingerprint density at radius 2 is 2.14 bits per heavy atom. The number of nitrogens with zero attached hydrogens (tertiary/aromatic N) is 2. The first-order valence-corrected chi connectivity index (χ1v) is 9.17. The highest BCUT2D eigenvalue weighted by Crippen LogP contribution is 2.32. The number of benzene rings is 1. The summed E-state index contributed by atoms with van der Waals surface area (Å²) in [6, 6.07) is 5.64. The van der Waals surface area contributed by atoms with Crippen LogP contribution in [-0.2, 0) is 9.84 Å². The predicted octanol–water partition coefficient (Wildman–Crippen LogP) is 2.49. The molecule has 1 atom stereocenters. The molecule has 2 heterocycles. The molecule has 0 spiro atoms. The van der Waals surface area contributed by atoms with Crippen molar-refractivity contribution < 1.29 is 8.42 Å². The maximum Gasteiger partial charge on any atom is 0.152 e. The molecule has 0 saturated carbocycles. The summed E-state index contributed by atoms with van der Waals surface area (Å²) in [6.07, 6.45) is 1.61. The summed E-state index contributed by atoms with van der Waals surface area (Å²) in [5.41, 5.74) is 8.35. The van der Waals surface area contributed by atoms with Gasteiger partial charge in [0.05, 0.1) is 22.5 Å². The molecule has 2 aromatic rings. The van der Waals surface area contributed by atoms with Crippen molar-refractivity contribution in [1.82, 2.24) is 9.55 Å². The lowest BCUT2D eigenvalue weighted by Gasteiger charge is -2.26. The minimum atomic E-state index is -2.95. The van der Waals surface area contributed by atoms with E-state index in [2.05, 4.69) is 23.4 Å². The lowest BCUT2D eigenvalue weighted by atomic mass is 10.1. The van der Waals surface area contributed by atoms with Gasteiger partial charge < -0.3 is 10.3 Å². The number of aromatic nitrogens is 2. The number of rotatable bonds is 2. The molecule has 1 aliphatic rings. The minimum Gasteiger partial charge on any atom is -0.399 e. The Bertz CT molecular complexity index is 778. The SMILES string of the molecule is CC(C)c1nc2cc(N)ccc2n1C1CCCS(=O)(=O)C1. The van der Waals surface area contributed by atoms with Crippen LogP contribution >= 0.6 is 0 Å². The summed E-state index contributed by atoms with van der Waals surface area (Å²) in [6.45, 7) is 4.16. The fraction of sp³-hybridized carbons (Fsp3) is 0.533. The molecular formula is C15H21N3O2S. The zero-order chi connectivity index (χ0) is 15.2. The number of anilines is 1. The topological polar surface area (TPSA) is 78.0 Å². The van der Waals surface area contributed by atoms with Crippen LogP contribution in [0, 0.1) is 0 Å². The second-order valence-corrected chi connectivity index (χ2v) is 8.38. The molecule has 2 N–H and O–H groups in total. The molecule has 0 aliphatic carbocycles. The monoisotopic (exact) mass is 307 g/mol. The molecule has 3 rings (SSSR count). The van der Waals surface area contributed by atoms with E-state index in [1.807, 2.05) is 18.2 Å². The van der Waals surface area contributed by atoms with Crippen LogP contribution in [0.2, 0.25) is 0 Å².